The monoisotopic (exact) mass is 433 g/mol. The molecule has 9 heteroatoms. The summed E-state index contributed by atoms with van der Waals surface area (Å²) in [6.07, 6.45) is 3.08. The molecule has 2 aromatic carbocycles. The third-order valence-corrected chi connectivity index (χ3v) is 5.54. The van der Waals surface area contributed by atoms with Gasteiger partial charge in [-0.3, -0.25) is 9.59 Å². The van der Waals surface area contributed by atoms with Gasteiger partial charge < -0.3 is 19.6 Å². The Morgan fingerprint density at radius 2 is 1.84 bits per heavy atom. The van der Waals surface area contributed by atoms with Crippen molar-refractivity contribution in [3.05, 3.63) is 84.1 Å². The maximum atomic E-state index is 12.7. The van der Waals surface area contributed by atoms with Crippen LogP contribution >= 0.6 is 11.8 Å². The number of hydrogen-bond acceptors (Lipinski definition) is 6. The third-order valence-electron chi connectivity index (χ3n) is 4.48. The SMILES string of the molecule is Cc1ccc(C(=O)Nc2ccc(Sc3nncn3C)cc2)cc1NC(=O)c1ccco1. The molecule has 0 atom stereocenters. The molecule has 8 nitrogen and oxygen atoms in total. The smallest absolute Gasteiger partial charge is 0.291 e. The van der Waals surface area contributed by atoms with Crippen LogP contribution in [0.3, 0.4) is 0 Å². The normalized spacial score (nSPS) is 10.6. The quantitative estimate of drug-likeness (QED) is 0.468. The van der Waals surface area contributed by atoms with E-state index in [2.05, 4.69) is 20.8 Å². The number of aryl methyl sites for hydroxylation is 2. The van der Waals surface area contributed by atoms with Gasteiger partial charge in [-0.05, 0) is 72.8 Å². The summed E-state index contributed by atoms with van der Waals surface area (Å²) in [5.41, 5.74) is 2.47. The van der Waals surface area contributed by atoms with Crippen molar-refractivity contribution in [3.8, 4) is 0 Å². The molecule has 0 saturated carbocycles. The van der Waals surface area contributed by atoms with Crippen molar-refractivity contribution in [2.45, 2.75) is 17.0 Å². The fourth-order valence-corrected chi connectivity index (χ4v) is 3.53. The van der Waals surface area contributed by atoms with Gasteiger partial charge in [0, 0.05) is 28.9 Å². The van der Waals surface area contributed by atoms with Crippen LogP contribution in [-0.4, -0.2) is 26.6 Å². The largest absolute Gasteiger partial charge is 0.459 e. The van der Waals surface area contributed by atoms with Crippen LogP contribution in [0, 0.1) is 6.92 Å². The molecule has 0 bridgehead atoms. The highest BCUT2D eigenvalue weighted by molar-refractivity contribution is 7.99. The molecule has 2 heterocycles. The van der Waals surface area contributed by atoms with Crippen molar-refractivity contribution in [1.29, 1.82) is 0 Å². The summed E-state index contributed by atoms with van der Waals surface area (Å²) in [4.78, 5) is 25.9. The molecule has 4 aromatic rings. The van der Waals surface area contributed by atoms with Gasteiger partial charge in [-0.25, -0.2) is 0 Å². The summed E-state index contributed by atoms with van der Waals surface area (Å²) in [6.45, 7) is 1.85. The predicted molar refractivity (Wildman–Crippen MR) is 117 cm³/mol. The first-order valence-corrected chi connectivity index (χ1v) is 10.2. The zero-order valence-electron chi connectivity index (χ0n) is 16.8. The Morgan fingerprint density at radius 1 is 1.03 bits per heavy atom. The third kappa shape index (κ3) is 4.84. The van der Waals surface area contributed by atoms with Gasteiger partial charge in [0.2, 0.25) is 0 Å². The van der Waals surface area contributed by atoms with Crippen molar-refractivity contribution in [2.75, 3.05) is 10.6 Å². The minimum absolute atomic E-state index is 0.202. The number of amides is 2. The Labute approximate surface area is 182 Å². The first-order chi connectivity index (χ1) is 15.0. The van der Waals surface area contributed by atoms with Gasteiger partial charge in [-0.2, -0.15) is 0 Å². The maximum absolute atomic E-state index is 12.7. The summed E-state index contributed by atoms with van der Waals surface area (Å²) in [5, 5.41) is 14.3. The molecule has 0 aliphatic carbocycles. The summed E-state index contributed by atoms with van der Waals surface area (Å²) < 4.78 is 6.94. The average molecular weight is 433 g/mol. The number of aromatic nitrogens is 3. The lowest BCUT2D eigenvalue weighted by molar-refractivity contribution is 0.0993. The van der Waals surface area contributed by atoms with Crippen molar-refractivity contribution in [1.82, 2.24) is 14.8 Å². The van der Waals surface area contributed by atoms with E-state index < -0.39 is 0 Å². The molecule has 0 aliphatic heterocycles. The number of hydrogen-bond donors (Lipinski definition) is 2. The summed E-state index contributed by atoms with van der Waals surface area (Å²) >= 11 is 1.48. The zero-order chi connectivity index (χ0) is 21.8. The molecule has 0 saturated heterocycles. The first-order valence-electron chi connectivity index (χ1n) is 9.38. The van der Waals surface area contributed by atoms with Crippen LogP contribution in [0.5, 0.6) is 0 Å². The molecular formula is C22H19N5O3S. The average Bonchev–Trinajstić information content (AvgIpc) is 3.43. The van der Waals surface area contributed by atoms with Gasteiger partial charge in [0.1, 0.15) is 6.33 Å². The Bertz CT molecular complexity index is 1220. The number of carbonyl (C=O) groups excluding carboxylic acids is 2. The van der Waals surface area contributed by atoms with E-state index in [9.17, 15) is 9.59 Å². The number of carbonyl (C=O) groups is 2. The Hall–Kier alpha value is -3.85. The van der Waals surface area contributed by atoms with Crippen molar-refractivity contribution in [2.24, 2.45) is 7.05 Å². The van der Waals surface area contributed by atoms with E-state index in [0.29, 0.717) is 16.9 Å². The summed E-state index contributed by atoms with van der Waals surface area (Å²) in [6, 6.07) is 15.8. The van der Waals surface area contributed by atoms with E-state index in [4.69, 9.17) is 4.42 Å². The highest BCUT2D eigenvalue weighted by Crippen LogP contribution is 2.26. The van der Waals surface area contributed by atoms with Gasteiger partial charge in [-0.1, -0.05) is 6.07 Å². The van der Waals surface area contributed by atoms with Crippen molar-refractivity contribution < 1.29 is 14.0 Å². The molecule has 0 radical (unpaired) electrons. The van der Waals surface area contributed by atoms with Gasteiger partial charge in [0.15, 0.2) is 10.9 Å². The number of furan rings is 1. The molecular weight excluding hydrogens is 414 g/mol. The number of benzene rings is 2. The highest BCUT2D eigenvalue weighted by atomic mass is 32.2. The van der Waals surface area contributed by atoms with Crippen LogP contribution in [-0.2, 0) is 7.05 Å². The second kappa shape index (κ2) is 8.88. The van der Waals surface area contributed by atoms with Crippen LogP contribution in [0.15, 0.2) is 81.7 Å². The molecule has 2 aromatic heterocycles. The number of nitrogens with one attached hydrogen (secondary N) is 2. The second-order valence-corrected chi connectivity index (χ2v) is 7.81. The fourth-order valence-electron chi connectivity index (χ4n) is 2.77. The topological polar surface area (TPSA) is 102 Å². The van der Waals surface area contributed by atoms with E-state index >= 15 is 0 Å². The van der Waals surface area contributed by atoms with E-state index in [0.717, 1.165) is 15.6 Å². The molecule has 156 valence electrons. The van der Waals surface area contributed by atoms with Crippen LogP contribution in [0.25, 0.3) is 0 Å². The second-order valence-electron chi connectivity index (χ2n) is 6.77. The lowest BCUT2D eigenvalue weighted by Crippen LogP contribution is -2.15. The van der Waals surface area contributed by atoms with Crippen LogP contribution < -0.4 is 10.6 Å². The molecule has 0 spiro atoms. The minimum Gasteiger partial charge on any atom is -0.459 e. The van der Waals surface area contributed by atoms with E-state index in [1.54, 1.807) is 36.7 Å². The fraction of sp³-hybridized carbons (Fsp3) is 0.0909. The predicted octanol–water partition coefficient (Wildman–Crippen LogP) is 4.37. The lowest BCUT2D eigenvalue weighted by Gasteiger charge is -2.11. The molecule has 0 fully saturated rings. The number of nitrogens with zero attached hydrogens (tertiary/aromatic N) is 3. The minimum atomic E-state index is -0.373. The molecule has 0 unspecified atom stereocenters. The Balaban J connectivity index is 1.43. The van der Waals surface area contributed by atoms with Gasteiger partial charge in [-0.15, -0.1) is 10.2 Å². The van der Waals surface area contributed by atoms with Gasteiger partial charge >= 0.3 is 0 Å². The first kappa shape index (κ1) is 20.4. The number of anilines is 2. The van der Waals surface area contributed by atoms with E-state index in [1.807, 2.05) is 42.8 Å². The Kier molecular flexibility index (Phi) is 5.85. The van der Waals surface area contributed by atoms with Crippen LogP contribution in [0.2, 0.25) is 0 Å². The van der Waals surface area contributed by atoms with Crippen molar-refractivity contribution in [3.63, 3.8) is 0 Å². The molecule has 31 heavy (non-hydrogen) atoms. The van der Waals surface area contributed by atoms with E-state index in [-0.39, 0.29) is 17.6 Å². The standard InChI is InChI=1S/C22H19N5O3S/c1-14-5-6-15(12-18(14)25-21(29)19-4-3-11-30-19)20(28)24-16-7-9-17(10-8-16)31-22-26-23-13-27(22)2/h3-13H,1-2H3,(H,24,28)(H,25,29). The van der Waals surface area contributed by atoms with Gasteiger partial charge in [0.05, 0.1) is 6.26 Å². The lowest BCUT2D eigenvalue weighted by atomic mass is 10.1. The molecule has 2 amide bonds. The zero-order valence-corrected chi connectivity index (χ0v) is 17.6. The molecule has 0 aliphatic rings. The van der Waals surface area contributed by atoms with E-state index in [1.165, 1.54) is 18.0 Å². The molecule has 4 rings (SSSR count). The Morgan fingerprint density at radius 3 is 2.52 bits per heavy atom. The molecule has 2 N–H and O–H groups in total. The highest BCUT2D eigenvalue weighted by Gasteiger charge is 2.13. The van der Waals surface area contributed by atoms with Gasteiger partial charge in [0.25, 0.3) is 11.8 Å². The van der Waals surface area contributed by atoms with Crippen LogP contribution in [0.1, 0.15) is 26.5 Å². The summed E-state index contributed by atoms with van der Waals surface area (Å²) in [5.74, 6) is -0.447. The summed E-state index contributed by atoms with van der Waals surface area (Å²) in [7, 11) is 1.88. The van der Waals surface area contributed by atoms with Crippen molar-refractivity contribution >= 4 is 35.0 Å². The number of rotatable bonds is 6. The maximum Gasteiger partial charge on any atom is 0.291 e. The van der Waals surface area contributed by atoms with Crippen LogP contribution in [0.4, 0.5) is 11.4 Å².